The van der Waals surface area contributed by atoms with Crippen LogP contribution in [0, 0.1) is 5.82 Å². The summed E-state index contributed by atoms with van der Waals surface area (Å²) < 4.78 is 19.1. The van der Waals surface area contributed by atoms with Crippen molar-refractivity contribution in [3.63, 3.8) is 0 Å². The summed E-state index contributed by atoms with van der Waals surface area (Å²) in [4.78, 5) is 25.0. The van der Waals surface area contributed by atoms with Crippen LogP contribution in [0.2, 0.25) is 0 Å². The fraction of sp³-hybridized carbons (Fsp3) is 0.0400. The monoisotopic (exact) mass is 447 g/mol. The fourth-order valence-electron chi connectivity index (χ4n) is 3.06. The lowest BCUT2D eigenvalue weighted by Crippen LogP contribution is -2.23. The molecular formula is C25H18FNO4S. The van der Waals surface area contributed by atoms with Crippen LogP contribution in [0.1, 0.15) is 26.3 Å². The summed E-state index contributed by atoms with van der Waals surface area (Å²) in [5, 5.41) is 13.8. The number of carboxylic acids is 1. The molecule has 0 unspecified atom stereocenters. The van der Waals surface area contributed by atoms with Crippen molar-refractivity contribution in [1.29, 1.82) is 0 Å². The average Bonchev–Trinajstić information content (AvgIpc) is 3.34. The van der Waals surface area contributed by atoms with Gasteiger partial charge in [0.25, 0.3) is 5.91 Å². The molecule has 5 nitrogen and oxygen atoms in total. The number of halogens is 1. The van der Waals surface area contributed by atoms with Gasteiger partial charge in [-0.15, -0.1) is 11.3 Å². The number of carbonyl (C=O) groups is 2. The number of hydrogen-bond donors (Lipinski definition) is 2. The van der Waals surface area contributed by atoms with E-state index in [-0.39, 0.29) is 23.8 Å². The minimum Gasteiger partial charge on any atom is -0.478 e. The highest BCUT2D eigenvalue weighted by molar-refractivity contribution is 7.13. The Bertz CT molecular complexity index is 1240. The van der Waals surface area contributed by atoms with Gasteiger partial charge in [-0.3, -0.25) is 4.79 Å². The SMILES string of the molecule is O=C(O)c1ccc(CNC(=O)c2cc(-c3cccs3)ccc2Oc2ccc(F)cc2)cc1. The lowest BCUT2D eigenvalue weighted by molar-refractivity contribution is 0.0696. The zero-order valence-corrected chi connectivity index (χ0v) is 17.6. The number of ether oxygens (including phenoxy) is 1. The van der Waals surface area contributed by atoms with E-state index in [0.29, 0.717) is 17.1 Å². The summed E-state index contributed by atoms with van der Waals surface area (Å²) in [6, 6.07) is 21.1. The molecule has 4 rings (SSSR count). The van der Waals surface area contributed by atoms with Crippen LogP contribution in [-0.2, 0) is 6.54 Å². The zero-order chi connectivity index (χ0) is 22.5. The van der Waals surface area contributed by atoms with Crippen LogP contribution < -0.4 is 10.1 Å². The van der Waals surface area contributed by atoms with E-state index in [0.717, 1.165) is 16.0 Å². The van der Waals surface area contributed by atoms with Gasteiger partial charge in [0, 0.05) is 11.4 Å². The molecule has 2 N–H and O–H groups in total. The van der Waals surface area contributed by atoms with E-state index in [2.05, 4.69) is 5.32 Å². The van der Waals surface area contributed by atoms with Crippen LogP contribution >= 0.6 is 11.3 Å². The number of amides is 1. The number of thiophene rings is 1. The minimum absolute atomic E-state index is 0.179. The van der Waals surface area contributed by atoms with Gasteiger partial charge in [-0.2, -0.15) is 0 Å². The standard InChI is InChI=1S/C25H18FNO4S/c26-19-8-10-20(11-9-19)31-22-12-7-18(23-2-1-13-32-23)14-21(22)24(28)27-15-16-3-5-17(6-4-16)25(29)30/h1-14H,15H2,(H,27,28)(H,29,30). The smallest absolute Gasteiger partial charge is 0.335 e. The fourth-order valence-corrected chi connectivity index (χ4v) is 3.79. The van der Waals surface area contributed by atoms with Gasteiger partial charge in [0.1, 0.15) is 17.3 Å². The zero-order valence-electron chi connectivity index (χ0n) is 16.7. The van der Waals surface area contributed by atoms with E-state index >= 15 is 0 Å². The molecule has 0 saturated carbocycles. The molecule has 0 aliphatic rings. The summed E-state index contributed by atoms with van der Waals surface area (Å²) in [5.74, 6) is -0.974. The molecule has 0 spiro atoms. The molecule has 160 valence electrons. The second-order valence-corrected chi connectivity index (χ2v) is 7.88. The molecule has 0 saturated heterocycles. The van der Waals surface area contributed by atoms with Crippen LogP contribution in [0.5, 0.6) is 11.5 Å². The molecule has 1 amide bonds. The van der Waals surface area contributed by atoms with Gasteiger partial charge in [0.15, 0.2) is 0 Å². The summed E-state index contributed by atoms with van der Waals surface area (Å²) in [7, 11) is 0. The van der Waals surface area contributed by atoms with Crippen LogP contribution in [0.4, 0.5) is 4.39 Å². The molecule has 0 aliphatic heterocycles. The normalized spacial score (nSPS) is 10.5. The number of carboxylic acid groups (broad SMARTS) is 1. The third-order valence-corrected chi connectivity index (χ3v) is 5.64. The predicted octanol–water partition coefficient (Wildman–Crippen LogP) is 5.97. The first-order chi connectivity index (χ1) is 15.5. The third-order valence-electron chi connectivity index (χ3n) is 4.73. The molecule has 1 aromatic heterocycles. The highest BCUT2D eigenvalue weighted by atomic mass is 32.1. The van der Waals surface area contributed by atoms with E-state index in [9.17, 15) is 14.0 Å². The number of benzene rings is 3. The molecule has 0 fully saturated rings. The van der Waals surface area contributed by atoms with Gasteiger partial charge in [0.05, 0.1) is 11.1 Å². The molecule has 0 radical (unpaired) electrons. The van der Waals surface area contributed by atoms with Crippen molar-refractivity contribution in [1.82, 2.24) is 5.32 Å². The van der Waals surface area contributed by atoms with Gasteiger partial charge in [-0.05, 0) is 77.2 Å². The largest absolute Gasteiger partial charge is 0.478 e. The summed E-state index contributed by atoms with van der Waals surface area (Å²) in [6.45, 7) is 0.220. The Balaban J connectivity index is 1.58. The Hall–Kier alpha value is -3.97. The van der Waals surface area contributed by atoms with Crippen molar-refractivity contribution in [3.05, 3.63) is 107 Å². The molecule has 3 aromatic carbocycles. The van der Waals surface area contributed by atoms with Crippen LogP contribution in [0.25, 0.3) is 10.4 Å². The Kier molecular flexibility index (Phi) is 6.28. The number of carbonyl (C=O) groups excluding carboxylic acids is 1. The van der Waals surface area contributed by atoms with Gasteiger partial charge in [-0.25, -0.2) is 9.18 Å². The molecular weight excluding hydrogens is 429 g/mol. The molecule has 32 heavy (non-hydrogen) atoms. The first-order valence-corrected chi connectivity index (χ1v) is 10.6. The Labute approximate surface area is 187 Å². The van der Waals surface area contributed by atoms with E-state index in [1.807, 2.05) is 23.6 Å². The number of hydrogen-bond acceptors (Lipinski definition) is 4. The number of aromatic carboxylic acids is 1. The molecule has 7 heteroatoms. The molecule has 1 heterocycles. The van der Waals surface area contributed by atoms with Gasteiger partial charge < -0.3 is 15.2 Å². The summed E-state index contributed by atoms with van der Waals surface area (Å²) in [6.07, 6.45) is 0. The highest BCUT2D eigenvalue weighted by Crippen LogP contribution is 2.32. The van der Waals surface area contributed by atoms with E-state index in [1.54, 1.807) is 35.6 Å². The lowest BCUT2D eigenvalue weighted by atomic mass is 10.1. The number of nitrogens with one attached hydrogen (secondary N) is 1. The van der Waals surface area contributed by atoms with Crippen molar-refractivity contribution < 1.29 is 23.8 Å². The maximum Gasteiger partial charge on any atom is 0.335 e. The van der Waals surface area contributed by atoms with Gasteiger partial charge in [-0.1, -0.05) is 18.2 Å². The van der Waals surface area contributed by atoms with Crippen molar-refractivity contribution >= 4 is 23.2 Å². The van der Waals surface area contributed by atoms with Crippen LogP contribution in [-0.4, -0.2) is 17.0 Å². The topological polar surface area (TPSA) is 75.6 Å². The molecule has 0 bridgehead atoms. The van der Waals surface area contributed by atoms with Gasteiger partial charge >= 0.3 is 5.97 Å². The molecule has 4 aromatic rings. The third kappa shape index (κ3) is 5.01. The van der Waals surface area contributed by atoms with Gasteiger partial charge in [0.2, 0.25) is 0 Å². The quantitative estimate of drug-likeness (QED) is 0.366. The van der Waals surface area contributed by atoms with Crippen LogP contribution in [0.15, 0.2) is 84.2 Å². The second-order valence-electron chi connectivity index (χ2n) is 6.93. The first kappa shape index (κ1) is 21.3. The highest BCUT2D eigenvalue weighted by Gasteiger charge is 2.16. The van der Waals surface area contributed by atoms with E-state index in [4.69, 9.17) is 9.84 Å². The maximum absolute atomic E-state index is 13.2. The van der Waals surface area contributed by atoms with E-state index < -0.39 is 5.97 Å². The Morgan fingerprint density at radius 2 is 1.72 bits per heavy atom. The van der Waals surface area contributed by atoms with Crippen molar-refractivity contribution in [2.75, 3.05) is 0 Å². The Morgan fingerprint density at radius 3 is 2.38 bits per heavy atom. The average molecular weight is 447 g/mol. The Morgan fingerprint density at radius 1 is 0.969 bits per heavy atom. The lowest BCUT2D eigenvalue weighted by Gasteiger charge is -2.13. The van der Waals surface area contributed by atoms with Crippen molar-refractivity contribution in [2.24, 2.45) is 0 Å². The minimum atomic E-state index is -1.01. The summed E-state index contributed by atoms with van der Waals surface area (Å²) in [5.41, 5.74) is 2.15. The molecule has 0 aliphatic carbocycles. The first-order valence-electron chi connectivity index (χ1n) is 9.71. The van der Waals surface area contributed by atoms with Crippen molar-refractivity contribution in [2.45, 2.75) is 6.54 Å². The maximum atomic E-state index is 13.2. The number of rotatable bonds is 7. The predicted molar refractivity (Wildman–Crippen MR) is 121 cm³/mol. The van der Waals surface area contributed by atoms with E-state index in [1.165, 1.54) is 36.4 Å². The van der Waals surface area contributed by atoms with Crippen LogP contribution in [0.3, 0.4) is 0 Å². The molecule has 0 atom stereocenters. The second kappa shape index (κ2) is 9.45. The summed E-state index contributed by atoms with van der Waals surface area (Å²) >= 11 is 1.56. The van der Waals surface area contributed by atoms with Crippen molar-refractivity contribution in [3.8, 4) is 21.9 Å².